The summed E-state index contributed by atoms with van der Waals surface area (Å²) >= 11 is 0. The second-order valence-corrected chi connectivity index (χ2v) is 18.4. The van der Waals surface area contributed by atoms with E-state index in [9.17, 15) is 0 Å². The second kappa shape index (κ2) is 14.7. The minimum Gasteiger partial charge on any atom is -0.310 e. The fraction of sp³-hybridized carbons (Fsp3) is 0.0625. The average molecular weight is 843 g/mol. The van der Waals surface area contributed by atoms with Gasteiger partial charge in [-0.05, 0) is 122 Å². The third kappa shape index (κ3) is 5.48. The van der Waals surface area contributed by atoms with E-state index in [1.54, 1.807) is 0 Å². The Balaban J connectivity index is 1.00. The van der Waals surface area contributed by atoms with E-state index in [1.165, 1.54) is 88.6 Å². The Kier molecular flexibility index (Phi) is 8.51. The SMILES string of the molecule is CC1(C)c2ccccc2-c2ccc(-c3ccc(N(c4ccc(-n5c6ccccc6c6ccccc65)cc4)c4cccc5c4-c4ccccc4C5(c4ccccc4)c4ccccc4)cc3)cc21. The van der Waals surface area contributed by atoms with E-state index < -0.39 is 5.41 Å². The summed E-state index contributed by atoms with van der Waals surface area (Å²) < 4.78 is 2.40. The summed E-state index contributed by atoms with van der Waals surface area (Å²) in [6.07, 6.45) is 0. The minimum absolute atomic E-state index is 0.0667. The molecule has 0 atom stereocenters. The molecule has 1 heterocycles. The molecule has 0 saturated heterocycles. The number of anilines is 3. The molecule has 0 fully saturated rings. The van der Waals surface area contributed by atoms with Crippen LogP contribution in [0.2, 0.25) is 0 Å². The monoisotopic (exact) mass is 842 g/mol. The van der Waals surface area contributed by atoms with Gasteiger partial charge in [-0.15, -0.1) is 0 Å². The maximum atomic E-state index is 2.48. The van der Waals surface area contributed by atoms with Crippen molar-refractivity contribution in [2.75, 3.05) is 4.90 Å². The summed E-state index contributed by atoms with van der Waals surface area (Å²) in [6.45, 7) is 4.71. The van der Waals surface area contributed by atoms with Crippen molar-refractivity contribution in [2.45, 2.75) is 24.7 Å². The van der Waals surface area contributed by atoms with Crippen LogP contribution in [0.3, 0.4) is 0 Å². The molecule has 0 bridgehead atoms. The smallest absolute Gasteiger partial charge is 0.0714 e. The molecule has 0 aliphatic heterocycles. The lowest BCUT2D eigenvalue weighted by atomic mass is 9.68. The van der Waals surface area contributed by atoms with Crippen LogP contribution in [-0.2, 0) is 10.8 Å². The highest BCUT2D eigenvalue weighted by atomic mass is 15.1. The molecular formula is C64H46N2. The maximum Gasteiger partial charge on any atom is 0.0714 e. The van der Waals surface area contributed by atoms with E-state index in [-0.39, 0.29) is 5.41 Å². The lowest BCUT2D eigenvalue weighted by Crippen LogP contribution is -2.28. The van der Waals surface area contributed by atoms with E-state index in [4.69, 9.17) is 0 Å². The number of rotatable bonds is 7. The van der Waals surface area contributed by atoms with E-state index in [2.05, 4.69) is 266 Å². The fourth-order valence-electron chi connectivity index (χ4n) is 11.7. The Bertz CT molecular complexity index is 3560. The minimum atomic E-state index is -0.513. The molecule has 13 rings (SSSR count). The second-order valence-electron chi connectivity index (χ2n) is 18.4. The van der Waals surface area contributed by atoms with E-state index in [0.29, 0.717) is 0 Å². The van der Waals surface area contributed by atoms with Gasteiger partial charge in [-0.25, -0.2) is 0 Å². The van der Waals surface area contributed by atoms with Crippen LogP contribution in [-0.4, -0.2) is 4.57 Å². The molecule has 312 valence electrons. The molecule has 10 aromatic carbocycles. The molecular weight excluding hydrogens is 797 g/mol. The quantitative estimate of drug-likeness (QED) is 0.155. The lowest BCUT2D eigenvalue weighted by Gasteiger charge is -2.34. The number of nitrogens with zero attached hydrogens (tertiary/aromatic N) is 2. The van der Waals surface area contributed by atoms with Crippen LogP contribution >= 0.6 is 0 Å². The normalized spacial score (nSPS) is 13.8. The predicted octanol–water partition coefficient (Wildman–Crippen LogP) is 16.6. The molecule has 0 radical (unpaired) electrons. The first-order valence-corrected chi connectivity index (χ1v) is 23.1. The van der Waals surface area contributed by atoms with Gasteiger partial charge in [0.1, 0.15) is 0 Å². The molecule has 2 aliphatic rings. The number of fused-ring (bicyclic) bond motifs is 9. The Morgan fingerprint density at radius 3 is 1.52 bits per heavy atom. The zero-order chi connectivity index (χ0) is 44.0. The summed E-state index contributed by atoms with van der Waals surface area (Å²) in [5.74, 6) is 0. The molecule has 0 unspecified atom stereocenters. The fourth-order valence-corrected chi connectivity index (χ4v) is 11.7. The Morgan fingerprint density at radius 1 is 0.364 bits per heavy atom. The summed E-state index contributed by atoms with van der Waals surface area (Å²) in [5.41, 5.74) is 21.8. The van der Waals surface area contributed by atoms with Crippen molar-refractivity contribution in [2.24, 2.45) is 0 Å². The van der Waals surface area contributed by atoms with Crippen LogP contribution in [0.1, 0.15) is 47.2 Å². The first-order chi connectivity index (χ1) is 32.5. The van der Waals surface area contributed by atoms with Crippen molar-refractivity contribution in [3.8, 4) is 39.1 Å². The molecule has 0 spiro atoms. The van der Waals surface area contributed by atoms with Crippen molar-refractivity contribution in [1.82, 2.24) is 4.57 Å². The zero-order valence-corrected chi connectivity index (χ0v) is 37.0. The standard InChI is InChI=1S/C64H46N2/c1-63(2)55-26-13-9-22-50(55)51-41-34-44(42-58(51)63)43-32-35-47(36-33-43)65(48-37-39-49(40-38-48)66-59-29-15-11-23-52(59)53-24-12-16-30-60(53)66)61-31-17-28-57-62(61)54-25-10-14-27-56(54)64(57,45-18-5-3-6-19-45)46-20-7-4-8-21-46/h3-42H,1-2H3. The average Bonchev–Trinajstić information content (AvgIpc) is 3.97. The molecule has 66 heavy (non-hydrogen) atoms. The first-order valence-electron chi connectivity index (χ1n) is 23.1. The molecule has 1 aromatic heterocycles. The van der Waals surface area contributed by atoms with Gasteiger partial charge in [0.2, 0.25) is 0 Å². The third-order valence-electron chi connectivity index (χ3n) is 14.7. The van der Waals surface area contributed by atoms with Gasteiger partial charge in [-0.2, -0.15) is 0 Å². The van der Waals surface area contributed by atoms with Crippen molar-refractivity contribution < 1.29 is 0 Å². The molecule has 0 N–H and O–H groups in total. The predicted molar refractivity (Wildman–Crippen MR) is 276 cm³/mol. The topological polar surface area (TPSA) is 8.17 Å². The third-order valence-corrected chi connectivity index (χ3v) is 14.7. The highest BCUT2D eigenvalue weighted by Gasteiger charge is 2.47. The summed E-state index contributed by atoms with van der Waals surface area (Å²) in [6, 6.07) is 90.0. The van der Waals surface area contributed by atoms with Gasteiger partial charge in [-0.1, -0.05) is 196 Å². The Labute approximate surface area is 386 Å². The Morgan fingerprint density at radius 2 is 0.864 bits per heavy atom. The van der Waals surface area contributed by atoms with Gasteiger partial charge in [-0.3, -0.25) is 0 Å². The summed E-state index contributed by atoms with van der Waals surface area (Å²) in [5, 5.41) is 2.52. The maximum absolute atomic E-state index is 2.48. The molecule has 2 heteroatoms. The summed E-state index contributed by atoms with van der Waals surface area (Å²) in [4.78, 5) is 2.48. The number of para-hydroxylation sites is 2. The van der Waals surface area contributed by atoms with Gasteiger partial charge in [0.15, 0.2) is 0 Å². The molecule has 11 aromatic rings. The zero-order valence-electron chi connectivity index (χ0n) is 37.0. The van der Waals surface area contributed by atoms with Gasteiger partial charge in [0, 0.05) is 38.8 Å². The van der Waals surface area contributed by atoms with Crippen molar-refractivity contribution in [3.05, 3.63) is 276 Å². The van der Waals surface area contributed by atoms with Gasteiger partial charge in [0.05, 0.1) is 22.1 Å². The lowest BCUT2D eigenvalue weighted by molar-refractivity contribution is 0.660. The van der Waals surface area contributed by atoms with Crippen LogP contribution in [0.4, 0.5) is 17.1 Å². The highest BCUT2D eigenvalue weighted by Crippen LogP contribution is 2.59. The van der Waals surface area contributed by atoms with Gasteiger partial charge in [0.25, 0.3) is 0 Å². The number of hydrogen-bond donors (Lipinski definition) is 0. The molecule has 0 amide bonds. The summed E-state index contributed by atoms with van der Waals surface area (Å²) in [7, 11) is 0. The number of hydrogen-bond acceptors (Lipinski definition) is 1. The van der Waals surface area contributed by atoms with Gasteiger partial charge >= 0.3 is 0 Å². The highest BCUT2D eigenvalue weighted by molar-refractivity contribution is 6.09. The molecule has 2 aliphatic carbocycles. The van der Waals surface area contributed by atoms with Crippen molar-refractivity contribution in [1.29, 1.82) is 0 Å². The first kappa shape index (κ1) is 38.3. The van der Waals surface area contributed by atoms with Crippen LogP contribution in [0, 0.1) is 0 Å². The molecule has 0 saturated carbocycles. The van der Waals surface area contributed by atoms with Crippen molar-refractivity contribution in [3.63, 3.8) is 0 Å². The van der Waals surface area contributed by atoms with Gasteiger partial charge < -0.3 is 9.47 Å². The van der Waals surface area contributed by atoms with E-state index >= 15 is 0 Å². The van der Waals surface area contributed by atoms with Crippen LogP contribution in [0.25, 0.3) is 60.9 Å². The molecule has 2 nitrogen and oxygen atoms in total. The van der Waals surface area contributed by atoms with E-state index in [1.807, 2.05) is 0 Å². The largest absolute Gasteiger partial charge is 0.310 e. The Hall–Kier alpha value is -8.20. The number of aromatic nitrogens is 1. The number of benzene rings is 10. The van der Waals surface area contributed by atoms with Crippen LogP contribution in [0.15, 0.2) is 243 Å². The van der Waals surface area contributed by atoms with E-state index in [0.717, 1.165) is 22.7 Å². The van der Waals surface area contributed by atoms with Crippen LogP contribution in [0.5, 0.6) is 0 Å². The van der Waals surface area contributed by atoms with Crippen molar-refractivity contribution >= 4 is 38.9 Å². The van der Waals surface area contributed by atoms with Crippen LogP contribution < -0.4 is 4.90 Å².